The molecule has 0 radical (unpaired) electrons. The van der Waals surface area contributed by atoms with Crippen LogP contribution in [0.4, 0.5) is 5.69 Å². The molecule has 23 heteroatoms. The molecule has 11 rings (SSSR count). The van der Waals surface area contributed by atoms with Crippen LogP contribution in [-0.4, -0.2) is 122 Å². The smallest absolute Gasteiger partial charge is 0.337 e. The topological polar surface area (TPSA) is 252 Å². The number of hydrogen-bond acceptors (Lipinski definition) is 21. The van der Waals surface area contributed by atoms with Crippen molar-refractivity contribution in [2.45, 2.75) is 39.4 Å². The van der Waals surface area contributed by atoms with Crippen LogP contribution in [0.3, 0.4) is 0 Å². The van der Waals surface area contributed by atoms with Crippen LogP contribution in [0.2, 0.25) is 0 Å². The Labute approximate surface area is 545 Å². The number of nitrogens with zero attached hydrogens (tertiary/aromatic N) is 7. The molecule has 11 aromatic rings. The number of ether oxygens (including phenoxy) is 10. The van der Waals surface area contributed by atoms with Crippen molar-refractivity contribution in [1.29, 1.82) is 0 Å². The number of rotatable bonds is 35. The minimum atomic E-state index is -0.470. The molecule has 0 unspecified atom stereocenters. The van der Waals surface area contributed by atoms with Gasteiger partial charge in [-0.05, 0) is 120 Å². The highest BCUT2D eigenvalue weighted by Gasteiger charge is 2.22. The van der Waals surface area contributed by atoms with Gasteiger partial charge in [0.2, 0.25) is 22.4 Å². The van der Waals surface area contributed by atoms with Gasteiger partial charge in [0.15, 0.2) is 11.5 Å². The predicted molar refractivity (Wildman–Crippen MR) is 351 cm³/mol. The van der Waals surface area contributed by atoms with E-state index in [0.29, 0.717) is 159 Å². The van der Waals surface area contributed by atoms with Crippen molar-refractivity contribution in [3.63, 3.8) is 0 Å². The second kappa shape index (κ2) is 33.0. The second-order valence-corrected chi connectivity index (χ2v) is 21.5. The van der Waals surface area contributed by atoms with Crippen molar-refractivity contribution >= 4 is 39.6 Å². The highest BCUT2D eigenvalue weighted by Crippen LogP contribution is 2.35. The van der Waals surface area contributed by atoms with E-state index in [1.165, 1.54) is 14.2 Å². The molecule has 0 amide bonds. The molecule has 0 atom stereocenters. The first-order valence-electron chi connectivity index (χ1n) is 30.7. The number of para-hydroxylation sites is 3. The Morgan fingerprint density at radius 3 is 1.29 bits per heavy atom. The van der Waals surface area contributed by atoms with Gasteiger partial charge in [-0.2, -0.15) is 0 Å². The fourth-order valence-electron chi connectivity index (χ4n) is 10.1. The number of carbonyl (C=O) groups is 2. The van der Waals surface area contributed by atoms with Gasteiger partial charge >= 0.3 is 11.9 Å². The lowest BCUT2D eigenvalue weighted by atomic mass is 10.1. The SMILES string of the molecule is COC(=O)c1cccc(COc2c(-c3ccc(OCCOCCOCCn4cc(CN(Cc5cn(CCOCCOCCOc6ccc(-c7oc8ccccc8c(=O)c7OCc7cccc(C(=O)OC)c7)cc6)nn5)c5ccccc5)nn4)cc3)oc3ccccc3c2=O)c1. The third-order valence-corrected chi connectivity index (χ3v) is 14.9. The first-order chi connectivity index (χ1) is 46.7. The van der Waals surface area contributed by atoms with Crippen molar-refractivity contribution in [3.05, 3.63) is 242 Å². The van der Waals surface area contributed by atoms with Gasteiger partial charge in [0, 0.05) is 16.8 Å². The number of anilines is 1. The summed E-state index contributed by atoms with van der Waals surface area (Å²) >= 11 is 0. The summed E-state index contributed by atoms with van der Waals surface area (Å²) < 4.78 is 73.0. The Morgan fingerprint density at radius 2 is 0.853 bits per heavy atom. The second-order valence-electron chi connectivity index (χ2n) is 21.5. The molecule has 23 nitrogen and oxygen atoms in total. The molecule has 7 aromatic carbocycles. The molecular weight excluding hydrogens is 1220 g/mol. The Hall–Kier alpha value is -11.0. The van der Waals surface area contributed by atoms with Crippen LogP contribution in [0.15, 0.2) is 207 Å². The van der Waals surface area contributed by atoms with E-state index in [-0.39, 0.29) is 47.1 Å². The van der Waals surface area contributed by atoms with Gasteiger partial charge < -0.3 is 61.1 Å². The summed E-state index contributed by atoms with van der Waals surface area (Å²) in [6.07, 6.45) is 3.82. The molecule has 488 valence electrons. The van der Waals surface area contributed by atoms with Gasteiger partial charge in [0.05, 0.1) is 128 Å². The Bertz CT molecular complexity index is 4180. The van der Waals surface area contributed by atoms with E-state index < -0.39 is 11.9 Å². The van der Waals surface area contributed by atoms with E-state index in [1.54, 1.807) is 155 Å². The fraction of sp³-hybridized carbons (Fsp3) is 0.250. The van der Waals surface area contributed by atoms with E-state index in [0.717, 1.165) is 17.1 Å². The van der Waals surface area contributed by atoms with Gasteiger partial charge in [-0.1, -0.05) is 77.2 Å². The average molecular weight is 1290 g/mol. The molecule has 0 aliphatic carbocycles. The van der Waals surface area contributed by atoms with E-state index in [4.69, 9.17) is 56.2 Å². The van der Waals surface area contributed by atoms with Crippen LogP contribution in [-0.2, 0) is 67.8 Å². The molecule has 0 saturated carbocycles. The predicted octanol–water partition coefficient (Wildman–Crippen LogP) is 10.6. The highest BCUT2D eigenvalue weighted by atomic mass is 16.6. The van der Waals surface area contributed by atoms with Gasteiger partial charge in [0.25, 0.3) is 0 Å². The van der Waals surface area contributed by atoms with Crippen LogP contribution in [0, 0.1) is 0 Å². The number of aromatic nitrogens is 6. The summed E-state index contributed by atoms with van der Waals surface area (Å²) in [7, 11) is 2.64. The molecular formula is C72H69N7O16. The first-order valence-corrected chi connectivity index (χ1v) is 30.7. The third kappa shape index (κ3) is 17.8. The third-order valence-electron chi connectivity index (χ3n) is 14.9. The molecule has 0 aliphatic heterocycles. The molecule has 0 N–H and O–H groups in total. The van der Waals surface area contributed by atoms with E-state index in [2.05, 4.69) is 25.5 Å². The lowest BCUT2D eigenvalue weighted by molar-refractivity contribution is 0.0333. The van der Waals surface area contributed by atoms with Crippen molar-refractivity contribution in [1.82, 2.24) is 30.0 Å². The van der Waals surface area contributed by atoms with Gasteiger partial charge in [-0.3, -0.25) is 9.59 Å². The van der Waals surface area contributed by atoms with Crippen molar-refractivity contribution in [3.8, 4) is 45.6 Å². The molecule has 4 heterocycles. The zero-order chi connectivity index (χ0) is 65.6. The number of benzene rings is 7. The quantitative estimate of drug-likeness (QED) is 0.0264. The lowest BCUT2D eigenvalue weighted by Gasteiger charge is -2.22. The summed E-state index contributed by atoms with van der Waals surface area (Å²) in [6.45, 7) is 5.64. The van der Waals surface area contributed by atoms with Gasteiger partial charge in [-0.25, -0.2) is 19.0 Å². The van der Waals surface area contributed by atoms with Crippen LogP contribution < -0.4 is 34.7 Å². The maximum atomic E-state index is 13.7. The number of fused-ring (bicyclic) bond motifs is 2. The molecule has 4 aromatic heterocycles. The van der Waals surface area contributed by atoms with Crippen molar-refractivity contribution < 1.29 is 65.8 Å². The van der Waals surface area contributed by atoms with Crippen LogP contribution >= 0.6 is 0 Å². The zero-order valence-electron chi connectivity index (χ0n) is 52.4. The molecule has 0 spiro atoms. The molecule has 0 bridgehead atoms. The summed E-state index contributed by atoms with van der Waals surface area (Å²) in [5.41, 5.74) is 6.11. The van der Waals surface area contributed by atoms with Crippen LogP contribution in [0.1, 0.15) is 43.2 Å². The first kappa shape index (κ1) is 65.5. The minimum absolute atomic E-state index is 0.0204. The largest absolute Gasteiger partial charge is 0.491 e. The fourth-order valence-corrected chi connectivity index (χ4v) is 10.1. The van der Waals surface area contributed by atoms with E-state index >= 15 is 0 Å². The van der Waals surface area contributed by atoms with Gasteiger partial charge in [0.1, 0.15) is 60.5 Å². The Balaban J connectivity index is 0.559. The molecule has 0 aliphatic rings. The lowest BCUT2D eigenvalue weighted by Crippen LogP contribution is -2.22. The number of methoxy groups -OCH3 is 2. The summed E-state index contributed by atoms with van der Waals surface area (Å²) in [5.74, 6) is 0.917. The molecule has 0 fully saturated rings. The van der Waals surface area contributed by atoms with E-state index in [1.807, 2.05) is 42.7 Å². The Kier molecular flexibility index (Phi) is 22.8. The standard InChI is InChI=1S/C72H69N7O16/c1-84-71(82)54-14-10-12-50(42-54)48-92-69-65(80)61-18-6-8-20-63(61)94-67(69)52-22-26-59(27-23-52)90-40-38-88-36-34-86-32-30-78-46-56(73-75-78)44-77(58-16-4-3-5-17-58)45-57-47-79(76-74-57)31-33-87-35-37-89-39-41-91-60-28-24-53(25-29-60)68-70(66(81)62-19-7-9-21-64(62)95-68)93-49-51-13-11-15-55(43-51)72(83)85-2/h3-29,42-43,46-47H,30-41,44-45,48-49H2,1-2H3. The van der Waals surface area contributed by atoms with Crippen LogP contribution in [0.5, 0.6) is 23.0 Å². The average Bonchev–Trinajstić information content (AvgIpc) is 1.37. The maximum Gasteiger partial charge on any atom is 0.337 e. The minimum Gasteiger partial charge on any atom is -0.491 e. The van der Waals surface area contributed by atoms with Crippen LogP contribution in [0.25, 0.3) is 44.6 Å². The number of esters is 2. The summed E-state index contributed by atoms with van der Waals surface area (Å²) in [4.78, 5) is 53.8. The Morgan fingerprint density at radius 1 is 0.442 bits per heavy atom. The zero-order valence-corrected chi connectivity index (χ0v) is 52.4. The highest BCUT2D eigenvalue weighted by molar-refractivity contribution is 5.90. The number of carbonyl (C=O) groups excluding carboxylic acids is 2. The van der Waals surface area contributed by atoms with Crippen molar-refractivity contribution in [2.75, 3.05) is 85.2 Å². The van der Waals surface area contributed by atoms with E-state index in [9.17, 15) is 19.2 Å². The van der Waals surface area contributed by atoms with Gasteiger partial charge in [-0.15, -0.1) is 10.2 Å². The maximum absolute atomic E-state index is 13.7. The number of hydrogen-bond donors (Lipinski definition) is 0. The summed E-state index contributed by atoms with van der Waals surface area (Å²) in [5, 5.41) is 18.4. The monoisotopic (exact) mass is 1290 g/mol. The molecule has 0 saturated heterocycles. The summed E-state index contributed by atoms with van der Waals surface area (Å²) in [6, 6.07) is 52.0. The van der Waals surface area contributed by atoms with Crippen molar-refractivity contribution in [2.24, 2.45) is 0 Å². The molecule has 95 heavy (non-hydrogen) atoms. The normalized spacial score (nSPS) is 11.2.